The van der Waals surface area contributed by atoms with E-state index >= 15 is 0 Å². The molecule has 6 heteroatoms. The van der Waals surface area contributed by atoms with Gasteiger partial charge in [0.05, 0.1) is 19.3 Å². The Morgan fingerprint density at radius 3 is 2.65 bits per heavy atom. The van der Waals surface area contributed by atoms with Crippen molar-refractivity contribution in [2.45, 2.75) is 25.9 Å². The van der Waals surface area contributed by atoms with Gasteiger partial charge in [0, 0.05) is 12.7 Å². The van der Waals surface area contributed by atoms with Crippen LogP contribution in [0.1, 0.15) is 25.5 Å². The summed E-state index contributed by atoms with van der Waals surface area (Å²) in [5.74, 6) is 0.541. The minimum absolute atomic E-state index is 0. The Morgan fingerprint density at radius 2 is 2.05 bits per heavy atom. The van der Waals surface area contributed by atoms with Gasteiger partial charge in [-0.1, -0.05) is 18.2 Å². The summed E-state index contributed by atoms with van der Waals surface area (Å²) < 4.78 is 10.4. The molecular weight excluding hydrogens is 280 g/mol. The van der Waals surface area contributed by atoms with E-state index in [-0.39, 0.29) is 31.0 Å². The number of ether oxygens (including phenoxy) is 2. The SMILES string of the molecule is CCOc1ccccc1C(C)NC(=O)C(N)COC.Cl. The zero-order chi connectivity index (χ0) is 14.3. The molecule has 0 fully saturated rings. The van der Waals surface area contributed by atoms with Crippen molar-refractivity contribution in [3.8, 4) is 5.75 Å². The lowest BCUT2D eigenvalue weighted by Crippen LogP contribution is -2.44. The van der Waals surface area contributed by atoms with Crippen molar-refractivity contribution in [1.29, 1.82) is 0 Å². The molecule has 0 aliphatic rings. The number of hydrogen-bond acceptors (Lipinski definition) is 4. The average Bonchev–Trinajstić information content (AvgIpc) is 2.39. The van der Waals surface area contributed by atoms with E-state index in [1.807, 2.05) is 38.1 Å². The van der Waals surface area contributed by atoms with Crippen LogP contribution in [0.2, 0.25) is 0 Å². The van der Waals surface area contributed by atoms with Gasteiger partial charge in [-0.25, -0.2) is 0 Å². The zero-order valence-electron chi connectivity index (χ0n) is 12.1. The van der Waals surface area contributed by atoms with Crippen molar-refractivity contribution >= 4 is 18.3 Å². The van der Waals surface area contributed by atoms with Gasteiger partial charge in [-0.05, 0) is 19.9 Å². The Kier molecular flexibility index (Phi) is 8.96. The van der Waals surface area contributed by atoms with Crippen LogP contribution in [0.15, 0.2) is 24.3 Å². The van der Waals surface area contributed by atoms with E-state index in [4.69, 9.17) is 15.2 Å². The van der Waals surface area contributed by atoms with Gasteiger partial charge < -0.3 is 20.5 Å². The second-order valence-corrected chi connectivity index (χ2v) is 4.26. The van der Waals surface area contributed by atoms with Crippen molar-refractivity contribution in [3.05, 3.63) is 29.8 Å². The third kappa shape index (κ3) is 5.36. The molecule has 0 saturated carbocycles. The molecule has 0 heterocycles. The number of para-hydroxylation sites is 1. The van der Waals surface area contributed by atoms with Gasteiger partial charge in [0.15, 0.2) is 0 Å². The Labute approximate surface area is 126 Å². The van der Waals surface area contributed by atoms with Crippen LogP contribution in [0.3, 0.4) is 0 Å². The first-order chi connectivity index (χ1) is 9.10. The first-order valence-corrected chi connectivity index (χ1v) is 6.36. The molecule has 0 saturated heterocycles. The van der Waals surface area contributed by atoms with Gasteiger partial charge in [-0.2, -0.15) is 0 Å². The Hall–Kier alpha value is -1.30. The minimum Gasteiger partial charge on any atom is -0.494 e. The summed E-state index contributed by atoms with van der Waals surface area (Å²) in [6, 6.07) is 6.80. The molecule has 2 atom stereocenters. The van der Waals surface area contributed by atoms with Crippen molar-refractivity contribution in [2.24, 2.45) is 5.73 Å². The van der Waals surface area contributed by atoms with E-state index in [1.165, 1.54) is 7.11 Å². The Balaban J connectivity index is 0.00000361. The van der Waals surface area contributed by atoms with E-state index < -0.39 is 6.04 Å². The average molecular weight is 303 g/mol. The summed E-state index contributed by atoms with van der Waals surface area (Å²) in [6.07, 6.45) is 0. The molecule has 0 radical (unpaired) electrons. The summed E-state index contributed by atoms with van der Waals surface area (Å²) in [7, 11) is 1.51. The molecule has 20 heavy (non-hydrogen) atoms. The van der Waals surface area contributed by atoms with Crippen LogP contribution in [0.5, 0.6) is 5.75 Å². The number of halogens is 1. The second kappa shape index (κ2) is 9.58. The Morgan fingerprint density at radius 1 is 1.40 bits per heavy atom. The minimum atomic E-state index is -0.660. The number of carbonyl (C=O) groups is 1. The summed E-state index contributed by atoms with van der Waals surface area (Å²) >= 11 is 0. The van der Waals surface area contributed by atoms with Gasteiger partial charge in [0.2, 0.25) is 5.91 Å². The molecule has 0 aliphatic carbocycles. The second-order valence-electron chi connectivity index (χ2n) is 4.26. The fraction of sp³-hybridized carbons (Fsp3) is 0.500. The number of amides is 1. The summed E-state index contributed by atoms with van der Waals surface area (Å²) in [6.45, 7) is 4.61. The number of hydrogen-bond donors (Lipinski definition) is 2. The van der Waals surface area contributed by atoms with E-state index in [2.05, 4.69) is 5.32 Å². The van der Waals surface area contributed by atoms with Crippen molar-refractivity contribution in [3.63, 3.8) is 0 Å². The molecule has 114 valence electrons. The monoisotopic (exact) mass is 302 g/mol. The van der Waals surface area contributed by atoms with E-state index in [0.29, 0.717) is 6.61 Å². The van der Waals surface area contributed by atoms with Crippen LogP contribution in [0.25, 0.3) is 0 Å². The largest absolute Gasteiger partial charge is 0.494 e. The van der Waals surface area contributed by atoms with Crippen LogP contribution in [0, 0.1) is 0 Å². The highest BCUT2D eigenvalue weighted by Crippen LogP contribution is 2.24. The maximum Gasteiger partial charge on any atom is 0.239 e. The fourth-order valence-corrected chi connectivity index (χ4v) is 1.78. The zero-order valence-corrected chi connectivity index (χ0v) is 12.9. The van der Waals surface area contributed by atoms with Crippen molar-refractivity contribution in [1.82, 2.24) is 5.32 Å². The predicted molar refractivity (Wildman–Crippen MR) is 81.3 cm³/mol. The molecular formula is C14H23ClN2O3. The van der Waals surface area contributed by atoms with Crippen LogP contribution in [-0.4, -0.2) is 32.3 Å². The predicted octanol–water partition coefficient (Wildman–Crippen LogP) is 1.66. The molecule has 2 unspecified atom stereocenters. The third-order valence-electron chi connectivity index (χ3n) is 2.73. The molecule has 0 aromatic heterocycles. The van der Waals surface area contributed by atoms with E-state index in [1.54, 1.807) is 0 Å². The molecule has 3 N–H and O–H groups in total. The molecule has 1 aromatic carbocycles. The summed E-state index contributed by atoms with van der Waals surface area (Å²) in [5.41, 5.74) is 6.62. The smallest absolute Gasteiger partial charge is 0.239 e. The fourth-order valence-electron chi connectivity index (χ4n) is 1.78. The quantitative estimate of drug-likeness (QED) is 0.803. The first kappa shape index (κ1) is 18.7. The highest BCUT2D eigenvalue weighted by atomic mass is 35.5. The summed E-state index contributed by atoms with van der Waals surface area (Å²) in [4.78, 5) is 11.8. The molecule has 5 nitrogen and oxygen atoms in total. The van der Waals surface area contributed by atoms with Gasteiger partial charge in [-0.15, -0.1) is 12.4 Å². The number of nitrogens with one attached hydrogen (secondary N) is 1. The van der Waals surface area contributed by atoms with Gasteiger partial charge in [0.1, 0.15) is 11.8 Å². The molecule has 0 aliphatic heterocycles. The lowest BCUT2D eigenvalue weighted by Gasteiger charge is -2.19. The maximum absolute atomic E-state index is 11.8. The lowest BCUT2D eigenvalue weighted by atomic mass is 10.1. The lowest BCUT2D eigenvalue weighted by molar-refractivity contribution is -0.124. The number of rotatable bonds is 7. The summed E-state index contributed by atoms with van der Waals surface area (Å²) in [5, 5.41) is 2.86. The molecule has 0 bridgehead atoms. The standard InChI is InChI=1S/C14H22N2O3.ClH/c1-4-19-13-8-6-5-7-11(13)10(2)16-14(17)12(15)9-18-3;/h5-8,10,12H,4,9,15H2,1-3H3,(H,16,17);1H. The number of carbonyl (C=O) groups excluding carboxylic acids is 1. The molecule has 1 amide bonds. The third-order valence-corrected chi connectivity index (χ3v) is 2.73. The molecule has 0 spiro atoms. The Bertz CT molecular complexity index is 415. The highest BCUT2D eigenvalue weighted by molar-refractivity contribution is 5.85. The van der Waals surface area contributed by atoms with Gasteiger partial charge in [-0.3, -0.25) is 4.79 Å². The number of benzene rings is 1. The number of nitrogens with two attached hydrogens (primary N) is 1. The first-order valence-electron chi connectivity index (χ1n) is 6.36. The van der Waals surface area contributed by atoms with Crippen molar-refractivity contribution in [2.75, 3.05) is 20.3 Å². The van der Waals surface area contributed by atoms with E-state index in [9.17, 15) is 4.79 Å². The van der Waals surface area contributed by atoms with Crippen molar-refractivity contribution < 1.29 is 14.3 Å². The normalized spacial score (nSPS) is 13.0. The van der Waals surface area contributed by atoms with Crippen LogP contribution in [-0.2, 0) is 9.53 Å². The van der Waals surface area contributed by atoms with Crippen LogP contribution in [0.4, 0.5) is 0 Å². The highest BCUT2D eigenvalue weighted by Gasteiger charge is 2.18. The van der Waals surface area contributed by atoms with E-state index in [0.717, 1.165) is 11.3 Å². The van der Waals surface area contributed by atoms with Gasteiger partial charge >= 0.3 is 0 Å². The molecule has 1 aromatic rings. The maximum atomic E-state index is 11.8. The molecule has 1 rings (SSSR count). The topological polar surface area (TPSA) is 73.6 Å². The van der Waals surface area contributed by atoms with Crippen LogP contribution >= 0.6 is 12.4 Å². The van der Waals surface area contributed by atoms with Gasteiger partial charge in [0.25, 0.3) is 0 Å². The number of methoxy groups -OCH3 is 1. The van der Waals surface area contributed by atoms with Crippen LogP contribution < -0.4 is 15.8 Å².